The van der Waals surface area contributed by atoms with E-state index >= 15 is 0 Å². The molecule has 1 aromatic carbocycles. The fourth-order valence-electron chi connectivity index (χ4n) is 3.76. The van der Waals surface area contributed by atoms with Gasteiger partial charge in [0.05, 0.1) is 27.6 Å². The Morgan fingerprint density at radius 3 is 2.59 bits per heavy atom. The van der Waals surface area contributed by atoms with Crippen LogP contribution in [0.3, 0.4) is 0 Å². The molecule has 8 nitrogen and oxygen atoms in total. The second-order valence-corrected chi connectivity index (χ2v) is 8.56. The maximum Gasteiger partial charge on any atom is 0.250 e. The Balaban J connectivity index is 1.65. The second-order valence-electron chi connectivity index (χ2n) is 7.75. The van der Waals surface area contributed by atoms with Crippen LogP contribution >= 0.6 is 23.2 Å². The van der Waals surface area contributed by atoms with Crippen molar-refractivity contribution < 1.29 is 4.74 Å². The number of hydrogen-bond donors (Lipinski definition) is 2. The summed E-state index contributed by atoms with van der Waals surface area (Å²) < 4.78 is 6.02. The number of H-pyrrole nitrogens is 1. The molecule has 1 aliphatic carbocycles. The van der Waals surface area contributed by atoms with Gasteiger partial charge in [0.1, 0.15) is 11.3 Å². The van der Waals surface area contributed by atoms with Gasteiger partial charge in [0.2, 0.25) is 5.95 Å². The van der Waals surface area contributed by atoms with Crippen LogP contribution in [0.4, 0.5) is 5.95 Å². The molecule has 0 aliphatic heterocycles. The Hall–Kier alpha value is -3.33. The summed E-state index contributed by atoms with van der Waals surface area (Å²) in [4.78, 5) is 16.5. The quantitative estimate of drug-likeness (QED) is 0.439. The number of fused-ring (bicyclic) bond motifs is 1. The normalized spacial score (nSPS) is 20.0. The highest BCUT2D eigenvalue weighted by atomic mass is 35.5. The first-order chi connectivity index (χ1) is 15.4. The fourth-order valence-corrected chi connectivity index (χ4v) is 4.34. The van der Waals surface area contributed by atoms with E-state index in [1.165, 1.54) is 6.08 Å². The lowest BCUT2D eigenvalue weighted by atomic mass is 9.65. The molecule has 2 heterocycles. The van der Waals surface area contributed by atoms with Crippen LogP contribution in [0.25, 0.3) is 17.2 Å². The van der Waals surface area contributed by atoms with Crippen LogP contribution in [0, 0.1) is 35.0 Å². The SMILES string of the molecule is CCC1(C#N)CC(Nc2nc(Oc3c(Cl)cc(/C=C/C#N)cc3Cl)c3[nH]c(C)nc3n2)C1. The van der Waals surface area contributed by atoms with E-state index in [-0.39, 0.29) is 33.1 Å². The number of halogens is 2. The van der Waals surface area contributed by atoms with Crippen molar-refractivity contribution in [2.24, 2.45) is 5.41 Å². The first kappa shape index (κ1) is 21.9. The molecule has 0 bridgehead atoms. The van der Waals surface area contributed by atoms with Crippen molar-refractivity contribution in [1.82, 2.24) is 19.9 Å². The van der Waals surface area contributed by atoms with Crippen LogP contribution < -0.4 is 10.1 Å². The van der Waals surface area contributed by atoms with E-state index in [4.69, 9.17) is 33.2 Å². The number of imidazole rings is 1. The van der Waals surface area contributed by atoms with Crippen molar-refractivity contribution >= 4 is 46.4 Å². The largest absolute Gasteiger partial charge is 0.434 e. The maximum atomic E-state index is 9.40. The third kappa shape index (κ3) is 4.20. The van der Waals surface area contributed by atoms with Crippen molar-refractivity contribution in [3.05, 3.63) is 39.6 Å². The van der Waals surface area contributed by atoms with E-state index in [0.717, 1.165) is 19.3 Å². The van der Waals surface area contributed by atoms with Gasteiger partial charge in [0.25, 0.3) is 5.88 Å². The topological polar surface area (TPSA) is 123 Å². The Morgan fingerprint density at radius 1 is 1.25 bits per heavy atom. The zero-order valence-corrected chi connectivity index (χ0v) is 18.9. The summed E-state index contributed by atoms with van der Waals surface area (Å²) >= 11 is 12.8. The minimum atomic E-state index is -0.285. The molecule has 0 amide bonds. The van der Waals surface area contributed by atoms with E-state index in [1.54, 1.807) is 18.2 Å². The van der Waals surface area contributed by atoms with Gasteiger partial charge >= 0.3 is 0 Å². The third-order valence-corrected chi connectivity index (χ3v) is 6.09. The molecule has 0 unspecified atom stereocenters. The summed E-state index contributed by atoms with van der Waals surface area (Å²) in [5, 5.41) is 21.9. The second kappa shape index (κ2) is 8.66. The van der Waals surface area contributed by atoms with Crippen molar-refractivity contribution in [3.63, 3.8) is 0 Å². The average Bonchev–Trinajstić information content (AvgIpc) is 3.11. The molecule has 1 saturated carbocycles. The highest BCUT2D eigenvalue weighted by Gasteiger charge is 2.43. The van der Waals surface area contributed by atoms with Crippen molar-refractivity contribution in [1.29, 1.82) is 10.5 Å². The summed E-state index contributed by atoms with van der Waals surface area (Å²) in [5.74, 6) is 1.47. The minimum absolute atomic E-state index is 0.0957. The van der Waals surface area contributed by atoms with Gasteiger partial charge in [-0.15, -0.1) is 0 Å². The van der Waals surface area contributed by atoms with Gasteiger partial charge in [-0.05, 0) is 50.0 Å². The van der Waals surface area contributed by atoms with E-state index in [1.807, 2.05) is 19.9 Å². The van der Waals surface area contributed by atoms with E-state index < -0.39 is 0 Å². The number of aryl methyl sites for hydroxylation is 1. The number of hydrogen-bond acceptors (Lipinski definition) is 7. The molecule has 0 saturated heterocycles. The third-order valence-electron chi connectivity index (χ3n) is 5.53. The maximum absolute atomic E-state index is 9.40. The van der Waals surface area contributed by atoms with Crippen LogP contribution in [-0.2, 0) is 0 Å². The van der Waals surface area contributed by atoms with Gasteiger partial charge < -0.3 is 15.0 Å². The minimum Gasteiger partial charge on any atom is -0.434 e. The van der Waals surface area contributed by atoms with Crippen molar-refractivity contribution in [3.8, 4) is 23.8 Å². The smallest absolute Gasteiger partial charge is 0.250 e. The molecule has 2 N–H and O–H groups in total. The van der Waals surface area contributed by atoms with Crippen LogP contribution in [-0.4, -0.2) is 26.0 Å². The number of anilines is 1. The van der Waals surface area contributed by atoms with Gasteiger partial charge in [-0.25, -0.2) is 4.98 Å². The summed E-state index contributed by atoms with van der Waals surface area (Å²) in [6.45, 7) is 3.83. The van der Waals surface area contributed by atoms with E-state index in [9.17, 15) is 5.26 Å². The molecule has 0 radical (unpaired) electrons. The van der Waals surface area contributed by atoms with Crippen LogP contribution in [0.5, 0.6) is 11.6 Å². The molecule has 0 spiro atoms. The Kier molecular flexibility index (Phi) is 5.92. The number of nitriles is 2. The van der Waals surface area contributed by atoms with Gasteiger partial charge in [0.15, 0.2) is 11.4 Å². The first-order valence-electron chi connectivity index (χ1n) is 10.0. The lowest BCUT2D eigenvalue weighted by Gasteiger charge is -2.42. The highest BCUT2D eigenvalue weighted by molar-refractivity contribution is 6.37. The molecule has 1 aliphatic rings. The zero-order valence-electron chi connectivity index (χ0n) is 17.4. The number of nitrogens with one attached hydrogen (secondary N) is 2. The van der Waals surface area contributed by atoms with Crippen LogP contribution in [0.15, 0.2) is 18.2 Å². The molecule has 3 aromatic rings. The monoisotopic (exact) mass is 467 g/mol. The number of aromatic amines is 1. The predicted molar refractivity (Wildman–Crippen MR) is 123 cm³/mol. The summed E-state index contributed by atoms with van der Waals surface area (Å²) in [5.41, 5.74) is 1.34. The molecule has 0 atom stereocenters. The van der Waals surface area contributed by atoms with Gasteiger partial charge in [-0.3, -0.25) is 0 Å². The van der Waals surface area contributed by atoms with Gasteiger partial charge in [-0.1, -0.05) is 30.1 Å². The zero-order chi connectivity index (χ0) is 22.9. The van der Waals surface area contributed by atoms with E-state index in [0.29, 0.717) is 28.5 Å². The first-order valence-corrected chi connectivity index (χ1v) is 10.8. The lowest BCUT2D eigenvalue weighted by molar-refractivity contribution is 0.182. The summed E-state index contributed by atoms with van der Waals surface area (Å²) in [6.07, 6.45) is 5.20. The molecule has 2 aromatic heterocycles. The Bertz CT molecular complexity index is 1270. The molecule has 10 heteroatoms. The standard InChI is InChI=1S/C22H19Cl2N7O/c1-3-22(11-26)9-14(10-22)29-21-30-19-17(27-12(2)28-19)20(31-21)32-18-15(23)7-13(5-4-6-25)8-16(18)24/h4-5,7-8,14H,3,9-10H2,1-2H3,(H2,27,28,29,30,31)/b5-4+. The van der Waals surface area contributed by atoms with Gasteiger partial charge in [-0.2, -0.15) is 20.5 Å². The highest BCUT2D eigenvalue weighted by Crippen LogP contribution is 2.45. The van der Waals surface area contributed by atoms with Crippen LogP contribution in [0.2, 0.25) is 10.0 Å². The van der Waals surface area contributed by atoms with Crippen molar-refractivity contribution in [2.75, 3.05) is 5.32 Å². The molecule has 162 valence electrons. The molecular formula is C22H19Cl2N7O. The fraction of sp³-hybridized carbons (Fsp3) is 0.318. The van der Waals surface area contributed by atoms with E-state index in [2.05, 4.69) is 31.3 Å². The predicted octanol–water partition coefficient (Wildman–Crippen LogP) is 5.79. The number of nitrogens with zero attached hydrogens (tertiary/aromatic N) is 5. The molecule has 4 rings (SSSR count). The van der Waals surface area contributed by atoms with Gasteiger partial charge in [0, 0.05) is 12.1 Å². The Labute approximate surface area is 194 Å². The number of rotatable bonds is 6. The average molecular weight is 468 g/mol. The summed E-state index contributed by atoms with van der Waals surface area (Å²) in [7, 11) is 0. The lowest BCUT2D eigenvalue weighted by Crippen LogP contribution is -2.44. The number of allylic oxidation sites excluding steroid dienone is 1. The number of benzene rings is 1. The van der Waals surface area contributed by atoms with Crippen molar-refractivity contribution in [2.45, 2.75) is 39.2 Å². The number of ether oxygens (including phenoxy) is 1. The summed E-state index contributed by atoms with van der Waals surface area (Å²) in [6, 6.07) is 7.72. The van der Waals surface area contributed by atoms with Crippen LogP contribution in [0.1, 0.15) is 37.6 Å². The Morgan fingerprint density at radius 2 is 1.97 bits per heavy atom. The molecular weight excluding hydrogens is 449 g/mol. The molecule has 32 heavy (non-hydrogen) atoms. The molecule has 1 fully saturated rings. The number of aromatic nitrogens is 4.